The predicted octanol–water partition coefficient (Wildman–Crippen LogP) is 7.39. The maximum atomic E-state index is 14.6. The highest BCUT2D eigenvalue weighted by molar-refractivity contribution is 6.39. The van der Waals surface area contributed by atoms with Crippen LogP contribution in [0.25, 0.3) is 0 Å². The number of carbonyl (C=O) groups is 6. The molecule has 0 spiro atoms. The van der Waals surface area contributed by atoms with Crippen LogP contribution in [0.1, 0.15) is 139 Å². The summed E-state index contributed by atoms with van der Waals surface area (Å²) < 4.78 is 57.7. The van der Waals surface area contributed by atoms with Crippen molar-refractivity contribution in [3.63, 3.8) is 0 Å². The predicted molar refractivity (Wildman–Crippen MR) is 311 cm³/mol. The third kappa shape index (κ3) is 22.9. The maximum absolute atomic E-state index is 14.6. The number of aliphatic hydroxyl groups excluding tert-OH is 1. The molecule has 0 aromatic rings. The number of methoxy groups -OCH3 is 3. The van der Waals surface area contributed by atoms with E-state index in [2.05, 4.69) is 12.2 Å². The number of aliphatic hydroxyl groups is 2. The first-order valence-electron chi connectivity index (χ1n) is 30.4. The Labute approximate surface area is 494 Å². The number of carbonyl (C=O) groups excluding carboxylic acids is 6. The Balaban J connectivity index is 1.51. The number of ketones is 3. The van der Waals surface area contributed by atoms with Crippen LogP contribution in [0.5, 0.6) is 0 Å². The molecular formula is C63H102N2O18. The van der Waals surface area contributed by atoms with Crippen molar-refractivity contribution in [1.29, 1.82) is 0 Å². The topological polar surface area (TPSA) is 250 Å². The van der Waals surface area contributed by atoms with Gasteiger partial charge in [0.05, 0.1) is 64.6 Å². The Hall–Kier alpha value is -4.22. The number of alkyl carbamates (subject to hydrolysis) is 1. The number of nitrogens with zero attached hydrogens (tertiary/aromatic N) is 1. The van der Waals surface area contributed by atoms with Gasteiger partial charge in [-0.25, -0.2) is 9.59 Å². The van der Waals surface area contributed by atoms with Crippen molar-refractivity contribution < 1.29 is 86.3 Å². The summed E-state index contributed by atoms with van der Waals surface area (Å²) >= 11 is 0. The lowest BCUT2D eigenvalue weighted by Crippen LogP contribution is -2.61. The molecule has 1 unspecified atom stereocenters. The highest BCUT2D eigenvalue weighted by Crippen LogP contribution is 2.38. The van der Waals surface area contributed by atoms with E-state index in [0.717, 1.165) is 12.0 Å². The van der Waals surface area contributed by atoms with Gasteiger partial charge in [-0.1, -0.05) is 78.0 Å². The van der Waals surface area contributed by atoms with E-state index in [-0.39, 0.29) is 55.9 Å². The van der Waals surface area contributed by atoms with Gasteiger partial charge in [0, 0.05) is 71.6 Å². The molecular weight excluding hydrogens is 1070 g/mol. The summed E-state index contributed by atoms with van der Waals surface area (Å²) in [6.07, 6.45) is 10.7. The number of piperidine rings is 1. The quantitative estimate of drug-likeness (QED) is 0.0438. The maximum Gasteiger partial charge on any atom is 0.407 e. The molecule has 2 amide bonds. The fraction of sp³-hybridized carbons (Fsp3) is 0.778. The lowest BCUT2D eigenvalue weighted by Gasteiger charge is -2.42. The largest absolute Gasteiger partial charge is 0.460 e. The molecule has 3 heterocycles. The number of rotatable bonds is 21. The van der Waals surface area contributed by atoms with Crippen molar-refractivity contribution in [2.45, 2.75) is 193 Å². The van der Waals surface area contributed by atoms with E-state index in [1.807, 2.05) is 58.1 Å². The fourth-order valence-electron chi connectivity index (χ4n) is 11.5. The number of cyclic esters (lactones) is 1. The van der Waals surface area contributed by atoms with E-state index in [1.54, 1.807) is 41.1 Å². The van der Waals surface area contributed by atoms with Crippen LogP contribution in [-0.2, 0) is 71.3 Å². The Morgan fingerprint density at radius 2 is 1.46 bits per heavy atom. The second kappa shape index (κ2) is 37.4. The minimum Gasteiger partial charge on any atom is -0.460 e. The summed E-state index contributed by atoms with van der Waals surface area (Å²) in [5, 5.41) is 26.4. The van der Waals surface area contributed by atoms with Gasteiger partial charge in [-0.2, -0.15) is 0 Å². The monoisotopic (exact) mass is 1170 g/mol. The lowest BCUT2D eigenvalue weighted by atomic mass is 9.78. The van der Waals surface area contributed by atoms with Crippen LogP contribution in [0.15, 0.2) is 47.6 Å². The zero-order valence-electron chi connectivity index (χ0n) is 51.7. The van der Waals surface area contributed by atoms with Crippen LogP contribution in [0.3, 0.4) is 0 Å². The summed E-state index contributed by atoms with van der Waals surface area (Å²) in [4.78, 5) is 85.8. The summed E-state index contributed by atoms with van der Waals surface area (Å²) in [5.74, 6) is -8.45. The third-order valence-corrected chi connectivity index (χ3v) is 16.7. The van der Waals surface area contributed by atoms with Crippen LogP contribution in [-0.4, -0.2) is 192 Å². The molecule has 20 heteroatoms. The molecule has 1 saturated carbocycles. The number of hydrogen-bond donors (Lipinski definition) is 3. The van der Waals surface area contributed by atoms with Crippen LogP contribution >= 0.6 is 0 Å². The Kier molecular flexibility index (Phi) is 32.1. The molecule has 83 heavy (non-hydrogen) atoms. The van der Waals surface area contributed by atoms with E-state index in [1.165, 1.54) is 12.0 Å². The van der Waals surface area contributed by atoms with E-state index < -0.39 is 102 Å². The number of fused-ring (bicyclic) bond motifs is 3. The average molecular weight is 1180 g/mol. The van der Waals surface area contributed by atoms with Crippen LogP contribution < -0.4 is 5.32 Å². The smallest absolute Gasteiger partial charge is 0.407 e. The normalized spacial score (nSPS) is 34.1. The minimum absolute atomic E-state index is 0.00394. The third-order valence-electron chi connectivity index (χ3n) is 16.7. The van der Waals surface area contributed by atoms with E-state index >= 15 is 0 Å². The van der Waals surface area contributed by atoms with E-state index in [0.29, 0.717) is 116 Å². The van der Waals surface area contributed by atoms with E-state index in [4.69, 9.17) is 47.4 Å². The first-order valence-corrected chi connectivity index (χ1v) is 30.4. The van der Waals surface area contributed by atoms with E-state index in [9.17, 15) is 39.0 Å². The van der Waals surface area contributed by atoms with Crippen molar-refractivity contribution in [3.8, 4) is 0 Å². The minimum atomic E-state index is -2.46. The van der Waals surface area contributed by atoms with Crippen molar-refractivity contribution >= 4 is 35.3 Å². The van der Waals surface area contributed by atoms with Gasteiger partial charge in [0.2, 0.25) is 5.79 Å². The van der Waals surface area contributed by atoms with Gasteiger partial charge in [-0.15, -0.1) is 0 Å². The van der Waals surface area contributed by atoms with Gasteiger partial charge in [0.15, 0.2) is 5.78 Å². The molecule has 0 radical (unpaired) electrons. The number of allylic oxidation sites excluding steroid dienone is 6. The van der Waals surface area contributed by atoms with Gasteiger partial charge in [-0.3, -0.25) is 19.2 Å². The van der Waals surface area contributed by atoms with Crippen molar-refractivity contribution in [1.82, 2.24) is 10.2 Å². The van der Waals surface area contributed by atoms with Gasteiger partial charge >= 0.3 is 12.1 Å². The molecule has 3 N–H and O–H groups in total. The molecule has 4 rings (SSSR count). The van der Waals surface area contributed by atoms with Crippen molar-refractivity contribution in [3.05, 3.63) is 47.6 Å². The SMILES string of the molecule is CCCOCCOCCOCCOCCNC(=O)O[C@@H]1CC[C@@H](C[C@@H](C)[C@@H]2CC(=O)[C@H](C)/C=C(\C)[C@@H](O)[C@@H](OC)C(=O)C(C)C[C@H](C)/C=C/C=C/C=C(\C)[C@@H](OC)C[C@@H]3CC[C@@H](C)[C@@](O)(O3)C(=O)C(=O)N3CCCC[C@H]3C(=O)O2)C[C@H]1OC. The van der Waals surface area contributed by atoms with Crippen molar-refractivity contribution in [2.75, 3.05) is 87.3 Å². The fourth-order valence-corrected chi connectivity index (χ4v) is 11.5. The second-order valence-electron chi connectivity index (χ2n) is 23.3. The molecule has 2 saturated heterocycles. The molecule has 20 nitrogen and oxygen atoms in total. The molecule has 0 aromatic heterocycles. The highest BCUT2D eigenvalue weighted by Gasteiger charge is 2.53. The molecule has 1 aliphatic carbocycles. The molecule has 0 aromatic carbocycles. The Morgan fingerprint density at radius 1 is 0.783 bits per heavy atom. The van der Waals surface area contributed by atoms with Crippen LogP contribution in [0.4, 0.5) is 4.79 Å². The van der Waals surface area contributed by atoms with Gasteiger partial charge < -0.3 is 67.8 Å². The molecule has 472 valence electrons. The summed E-state index contributed by atoms with van der Waals surface area (Å²) in [5.41, 5.74) is 1.23. The number of ether oxygens (including phenoxy) is 10. The molecule has 15 atom stereocenters. The number of nitrogens with one attached hydrogen (secondary N) is 1. The van der Waals surface area contributed by atoms with Gasteiger partial charge in [0.25, 0.3) is 11.7 Å². The van der Waals surface area contributed by atoms with Crippen LogP contribution in [0, 0.1) is 35.5 Å². The number of Topliss-reactive ketones (excluding diaryl/α,β-unsaturated/α-hetero) is 3. The molecule has 2 bridgehead atoms. The van der Waals surface area contributed by atoms with Gasteiger partial charge in [-0.05, 0) is 113 Å². The first kappa shape index (κ1) is 71.3. The molecule has 4 aliphatic rings. The van der Waals surface area contributed by atoms with Crippen LogP contribution in [0.2, 0.25) is 0 Å². The number of amides is 2. The average Bonchev–Trinajstić information content (AvgIpc) is 3.60. The second-order valence-corrected chi connectivity index (χ2v) is 23.3. The van der Waals surface area contributed by atoms with Gasteiger partial charge in [0.1, 0.15) is 36.2 Å². The zero-order valence-corrected chi connectivity index (χ0v) is 51.7. The lowest BCUT2D eigenvalue weighted by molar-refractivity contribution is -0.265. The number of esters is 1. The molecule has 3 fully saturated rings. The molecule has 3 aliphatic heterocycles. The Bertz CT molecular complexity index is 2150. The summed E-state index contributed by atoms with van der Waals surface area (Å²) in [7, 11) is 4.50. The Morgan fingerprint density at radius 3 is 2.11 bits per heavy atom. The number of hydrogen-bond acceptors (Lipinski definition) is 18. The summed E-state index contributed by atoms with van der Waals surface area (Å²) in [6.45, 7) is 18.6. The first-order chi connectivity index (χ1) is 39.7. The zero-order chi connectivity index (χ0) is 61.1. The standard InChI is InChI=1S/C63H102N2O18/c1-12-27-77-29-31-79-33-34-80-32-30-78-28-25-64-62(72)82-52-24-22-48(38-55(52)75-10)37-44(5)54-40-51(66)43(4)36-46(7)57(68)58(76-11)56(67)45(6)35-41(2)18-14-13-15-19-42(3)53(74-9)39-49-23-21-47(8)63(73,83-49)59(69)60(70)65-26-17-16-20-50(65)61(71)81-54/h13-15,18-19,36,41,43-45,47-50,52-55,57-58,68,73H,12,16-17,20-35,37-40H2,1-11H3,(H,64,72)/b15-13+,18-14+,42-19+,46-36+/t41-,43-,44-,45?,47-,48+,49+,50+,52-,53+,54+,55-,57-,58+,63-/m1/s1. The summed E-state index contributed by atoms with van der Waals surface area (Å²) in [6, 6.07) is -1.19. The van der Waals surface area contributed by atoms with Crippen molar-refractivity contribution in [2.24, 2.45) is 35.5 Å². The highest BCUT2D eigenvalue weighted by atomic mass is 16.6.